The van der Waals surface area contributed by atoms with E-state index in [9.17, 15) is 9.90 Å². The Morgan fingerprint density at radius 1 is 0.879 bits per heavy atom. The Morgan fingerprint density at radius 3 is 2.24 bits per heavy atom. The first kappa shape index (κ1) is 22.6. The number of hydrogen-bond acceptors (Lipinski definition) is 6. The van der Waals surface area contributed by atoms with E-state index in [1.54, 1.807) is 12.1 Å². The van der Waals surface area contributed by atoms with Crippen molar-refractivity contribution in [3.63, 3.8) is 0 Å². The van der Waals surface area contributed by atoms with E-state index < -0.39 is 12.6 Å². The van der Waals surface area contributed by atoms with Crippen LogP contribution in [0.3, 0.4) is 0 Å². The molecule has 4 aromatic rings. The second-order valence-corrected chi connectivity index (χ2v) is 7.53. The minimum absolute atomic E-state index is 0.123. The van der Waals surface area contributed by atoms with Crippen molar-refractivity contribution in [3.05, 3.63) is 102 Å². The zero-order chi connectivity index (χ0) is 22.9. The Kier molecular flexibility index (Phi) is 7.74. The Balaban J connectivity index is 1.27. The number of ether oxygens (including phenoxy) is 3. The molecule has 0 aliphatic rings. The molecule has 0 N–H and O–H groups in total. The van der Waals surface area contributed by atoms with Crippen molar-refractivity contribution in [2.75, 3.05) is 19.8 Å². The molecule has 0 saturated heterocycles. The predicted molar refractivity (Wildman–Crippen MR) is 122 cm³/mol. The average Bonchev–Trinajstić information content (AvgIpc) is 3.27. The van der Waals surface area contributed by atoms with E-state index in [0.29, 0.717) is 36.9 Å². The number of carboxylic acid groups (broad SMARTS) is 1. The molecule has 0 saturated carbocycles. The van der Waals surface area contributed by atoms with Crippen LogP contribution in [0.5, 0.6) is 5.75 Å². The Bertz CT molecular complexity index is 1110. The number of benzene rings is 3. The summed E-state index contributed by atoms with van der Waals surface area (Å²) in [6.07, 6.45) is 0.610. The second-order valence-electron chi connectivity index (χ2n) is 7.53. The minimum Gasteiger partial charge on any atom is -0.546 e. The zero-order valence-electron chi connectivity index (χ0n) is 18.1. The largest absolute Gasteiger partial charge is 0.546 e. The molecule has 6 heteroatoms. The van der Waals surface area contributed by atoms with Crippen LogP contribution >= 0.6 is 0 Å². The van der Waals surface area contributed by atoms with Crippen LogP contribution in [0.4, 0.5) is 0 Å². The fourth-order valence-electron chi connectivity index (χ4n) is 3.59. The molecule has 6 nitrogen and oxygen atoms in total. The lowest BCUT2D eigenvalue weighted by Gasteiger charge is -2.19. The van der Waals surface area contributed by atoms with Crippen LogP contribution in [0, 0.1) is 0 Å². The van der Waals surface area contributed by atoms with Gasteiger partial charge in [0.15, 0.2) is 11.3 Å². The first-order chi connectivity index (χ1) is 16.2. The van der Waals surface area contributed by atoms with Crippen LogP contribution in [-0.2, 0) is 20.9 Å². The predicted octanol–water partition coefficient (Wildman–Crippen LogP) is 4.27. The second kappa shape index (κ2) is 11.3. The van der Waals surface area contributed by atoms with Crippen LogP contribution in [-0.4, -0.2) is 25.8 Å². The number of rotatable bonds is 12. The number of carboxylic acids is 1. The average molecular weight is 445 g/mol. The number of para-hydroxylation sites is 1. The van der Waals surface area contributed by atoms with Gasteiger partial charge in [0.1, 0.15) is 25.1 Å². The van der Waals surface area contributed by atoms with Crippen LogP contribution in [0.2, 0.25) is 0 Å². The van der Waals surface area contributed by atoms with E-state index >= 15 is 0 Å². The van der Waals surface area contributed by atoms with E-state index in [-0.39, 0.29) is 6.10 Å². The third kappa shape index (κ3) is 6.22. The number of fused-ring (bicyclic) bond motifs is 1. The maximum absolute atomic E-state index is 10.6. The molecule has 0 atom stereocenters. The molecule has 0 amide bonds. The van der Waals surface area contributed by atoms with Crippen LogP contribution in [0.1, 0.15) is 29.4 Å². The summed E-state index contributed by atoms with van der Waals surface area (Å²) in [7, 11) is 0. The lowest BCUT2D eigenvalue weighted by atomic mass is 10.0. The van der Waals surface area contributed by atoms with Crippen molar-refractivity contribution >= 4 is 16.9 Å². The van der Waals surface area contributed by atoms with E-state index in [2.05, 4.69) is 24.3 Å². The summed E-state index contributed by atoms with van der Waals surface area (Å²) >= 11 is 0. The Hall–Kier alpha value is -3.61. The molecule has 0 aliphatic heterocycles. The number of aliphatic carboxylic acids is 1. The molecule has 0 bridgehead atoms. The van der Waals surface area contributed by atoms with Crippen molar-refractivity contribution < 1.29 is 28.5 Å². The summed E-state index contributed by atoms with van der Waals surface area (Å²) in [5, 5.41) is 11.5. The molecule has 0 aliphatic carbocycles. The van der Waals surface area contributed by atoms with E-state index in [4.69, 9.17) is 18.6 Å². The standard InChI is InChI=1S/C27H26O6/c28-25(29)19-32-24-14-7-13-22-17-23(33-27(22)24)18-30-15-8-16-31-26(20-9-3-1-4-10-20)21-11-5-2-6-12-21/h1-7,9-14,17,26H,8,15-16,18-19H2,(H,28,29)/p-1. The van der Waals surface area contributed by atoms with Gasteiger partial charge in [-0.15, -0.1) is 0 Å². The molecule has 0 unspecified atom stereocenters. The topological polar surface area (TPSA) is 81.0 Å². The molecule has 33 heavy (non-hydrogen) atoms. The maximum Gasteiger partial charge on any atom is 0.176 e. The molecule has 170 valence electrons. The molecule has 3 aromatic carbocycles. The van der Waals surface area contributed by atoms with Crippen molar-refractivity contribution in [2.45, 2.75) is 19.1 Å². The SMILES string of the molecule is O=C([O-])COc1cccc2cc(COCCCOC(c3ccccc3)c3ccccc3)oc12. The third-order valence-electron chi connectivity index (χ3n) is 5.07. The van der Waals surface area contributed by atoms with E-state index in [0.717, 1.165) is 22.9 Å². The summed E-state index contributed by atoms with van der Waals surface area (Å²) in [5.41, 5.74) is 2.72. The van der Waals surface area contributed by atoms with Gasteiger partial charge in [0.25, 0.3) is 0 Å². The lowest BCUT2D eigenvalue weighted by Crippen LogP contribution is -2.28. The van der Waals surface area contributed by atoms with E-state index in [1.807, 2.05) is 48.5 Å². The number of carbonyl (C=O) groups excluding carboxylic acids is 1. The fraction of sp³-hybridized carbons (Fsp3) is 0.222. The normalized spacial score (nSPS) is 11.2. The summed E-state index contributed by atoms with van der Waals surface area (Å²) in [4.78, 5) is 10.6. The van der Waals surface area contributed by atoms with Gasteiger partial charge in [-0.1, -0.05) is 72.8 Å². The van der Waals surface area contributed by atoms with Crippen molar-refractivity contribution in [3.8, 4) is 5.75 Å². The van der Waals surface area contributed by atoms with Crippen molar-refractivity contribution in [1.29, 1.82) is 0 Å². The smallest absolute Gasteiger partial charge is 0.176 e. The summed E-state index contributed by atoms with van der Waals surface area (Å²) in [5.74, 6) is -0.280. The summed E-state index contributed by atoms with van der Waals surface area (Å²) in [6.45, 7) is 0.838. The van der Waals surface area contributed by atoms with Gasteiger partial charge < -0.3 is 28.5 Å². The maximum atomic E-state index is 10.6. The highest BCUT2D eigenvalue weighted by atomic mass is 16.5. The highest BCUT2D eigenvalue weighted by Crippen LogP contribution is 2.29. The molecule has 0 fully saturated rings. The molecule has 4 rings (SSSR count). The lowest BCUT2D eigenvalue weighted by molar-refractivity contribution is -0.307. The highest BCUT2D eigenvalue weighted by Gasteiger charge is 2.14. The van der Waals surface area contributed by atoms with Gasteiger partial charge in [-0.2, -0.15) is 0 Å². The first-order valence-corrected chi connectivity index (χ1v) is 10.8. The molecular formula is C27H25O6-. The third-order valence-corrected chi connectivity index (χ3v) is 5.07. The van der Waals surface area contributed by atoms with Gasteiger partial charge in [0, 0.05) is 12.0 Å². The van der Waals surface area contributed by atoms with Crippen LogP contribution in [0.25, 0.3) is 11.0 Å². The fourth-order valence-corrected chi connectivity index (χ4v) is 3.59. The summed E-state index contributed by atoms with van der Waals surface area (Å²) in [6, 6.07) is 27.5. The van der Waals surface area contributed by atoms with E-state index in [1.165, 1.54) is 0 Å². The Morgan fingerprint density at radius 2 is 1.58 bits per heavy atom. The van der Waals surface area contributed by atoms with Gasteiger partial charge >= 0.3 is 0 Å². The van der Waals surface area contributed by atoms with Crippen LogP contribution < -0.4 is 9.84 Å². The van der Waals surface area contributed by atoms with Gasteiger partial charge in [-0.25, -0.2) is 0 Å². The Labute approximate surface area is 192 Å². The molecule has 0 radical (unpaired) electrons. The number of furan rings is 1. The van der Waals surface area contributed by atoms with Gasteiger partial charge in [0.05, 0.1) is 12.6 Å². The zero-order valence-corrected chi connectivity index (χ0v) is 18.1. The van der Waals surface area contributed by atoms with Crippen molar-refractivity contribution in [2.24, 2.45) is 0 Å². The molecular weight excluding hydrogens is 420 g/mol. The van der Waals surface area contributed by atoms with Gasteiger partial charge in [-0.05, 0) is 29.7 Å². The quantitative estimate of drug-likeness (QED) is 0.303. The highest BCUT2D eigenvalue weighted by molar-refractivity contribution is 5.84. The summed E-state index contributed by atoms with van der Waals surface area (Å²) < 4.78 is 23.0. The molecule has 1 heterocycles. The monoisotopic (exact) mass is 445 g/mol. The van der Waals surface area contributed by atoms with Crippen molar-refractivity contribution in [1.82, 2.24) is 0 Å². The number of hydrogen-bond donors (Lipinski definition) is 0. The van der Waals surface area contributed by atoms with Crippen LogP contribution in [0.15, 0.2) is 89.3 Å². The van der Waals surface area contributed by atoms with Gasteiger partial charge in [-0.3, -0.25) is 0 Å². The minimum atomic E-state index is -1.29. The molecule has 0 spiro atoms. The van der Waals surface area contributed by atoms with Gasteiger partial charge in [0.2, 0.25) is 0 Å². The molecule has 1 aromatic heterocycles. The first-order valence-electron chi connectivity index (χ1n) is 10.8. The number of carbonyl (C=O) groups is 1.